The van der Waals surface area contributed by atoms with E-state index in [9.17, 15) is 9.59 Å². The van der Waals surface area contributed by atoms with Crippen LogP contribution in [0, 0.1) is 18.3 Å². The topological polar surface area (TPSA) is 58.4 Å². The van der Waals surface area contributed by atoms with Gasteiger partial charge < -0.3 is 9.80 Å². The Hall–Kier alpha value is -2.63. The highest BCUT2D eigenvalue weighted by Gasteiger charge is 2.52. The van der Waals surface area contributed by atoms with Crippen LogP contribution in [-0.4, -0.2) is 51.0 Å². The summed E-state index contributed by atoms with van der Waals surface area (Å²) in [5.74, 6) is 0.111. The van der Waals surface area contributed by atoms with E-state index in [4.69, 9.17) is 0 Å². The summed E-state index contributed by atoms with van der Waals surface area (Å²) in [5.41, 5.74) is 2.68. The molecule has 1 aromatic carbocycles. The van der Waals surface area contributed by atoms with Crippen molar-refractivity contribution in [1.29, 1.82) is 0 Å². The van der Waals surface area contributed by atoms with E-state index in [1.54, 1.807) is 4.68 Å². The maximum absolute atomic E-state index is 13.8. The molecule has 2 fully saturated rings. The van der Waals surface area contributed by atoms with E-state index < -0.39 is 0 Å². The molecule has 2 heterocycles. The molecule has 1 aliphatic carbocycles. The Labute approximate surface area is 185 Å². The van der Waals surface area contributed by atoms with Crippen LogP contribution in [0.15, 0.2) is 36.5 Å². The fourth-order valence-electron chi connectivity index (χ4n) is 5.56. The average Bonchev–Trinajstić information content (AvgIpc) is 3.31. The monoisotopic (exact) mass is 422 g/mol. The van der Waals surface area contributed by atoms with Gasteiger partial charge in [-0.3, -0.25) is 14.3 Å². The van der Waals surface area contributed by atoms with Gasteiger partial charge in [0.2, 0.25) is 5.91 Å². The molecule has 2 amide bonds. The molecule has 4 rings (SSSR count). The lowest BCUT2D eigenvalue weighted by molar-refractivity contribution is -0.139. The second kappa shape index (κ2) is 8.85. The van der Waals surface area contributed by atoms with Crippen LogP contribution in [0.5, 0.6) is 0 Å². The molecule has 0 bridgehead atoms. The summed E-state index contributed by atoms with van der Waals surface area (Å²) in [7, 11) is 1.91. The van der Waals surface area contributed by atoms with Gasteiger partial charge in [0, 0.05) is 56.0 Å². The number of aromatic nitrogens is 2. The number of nitrogens with zero attached hydrogens (tertiary/aromatic N) is 4. The van der Waals surface area contributed by atoms with Crippen LogP contribution in [0.2, 0.25) is 0 Å². The zero-order valence-electron chi connectivity index (χ0n) is 19.0. The number of benzene rings is 1. The second-order valence-corrected chi connectivity index (χ2v) is 9.29. The third-order valence-electron chi connectivity index (χ3n) is 7.27. The summed E-state index contributed by atoms with van der Waals surface area (Å²) >= 11 is 0. The molecule has 1 spiro atoms. The molecular formula is C25H34N4O2. The summed E-state index contributed by atoms with van der Waals surface area (Å²) in [4.78, 5) is 30.9. The number of rotatable bonds is 5. The third-order valence-corrected chi connectivity index (χ3v) is 7.27. The molecule has 1 aliphatic heterocycles. The molecule has 1 saturated carbocycles. The summed E-state index contributed by atoms with van der Waals surface area (Å²) in [6.45, 7) is 6.49. The predicted molar refractivity (Wildman–Crippen MR) is 120 cm³/mol. The van der Waals surface area contributed by atoms with Crippen molar-refractivity contribution in [3.8, 4) is 0 Å². The van der Waals surface area contributed by atoms with E-state index in [-0.39, 0.29) is 23.1 Å². The number of likely N-dealkylation sites (tertiary alicyclic amines) is 1. The maximum Gasteiger partial charge on any atom is 0.253 e. The minimum Gasteiger partial charge on any atom is -0.338 e. The first-order valence-corrected chi connectivity index (χ1v) is 11.6. The van der Waals surface area contributed by atoms with Gasteiger partial charge in [0.1, 0.15) is 0 Å². The van der Waals surface area contributed by atoms with Gasteiger partial charge in [0.05, 0.1) is 11.6 Å². The standard InChI is InChI=1S/C25H34N4O2/c1-4-28(16-21-15-27(3)26-19(21)2)24(31)22-17-29(18-25(22)13-9-6-10-14-25)23(30)20-11-7-5-8-12-20/h5,7-8,11-12,15,22H,4,6,9-10,13-14,16-18H2,1-3H3. The highest BCUT2D eigenvalue weighted by atomic mass is 16.2. The zero-order valence-corrected chi connectivity index (χ0v) is 19.0. The van der Waals surface area contributed by atoms with Crippen LogP contribution in [0.25, 0.3) is 0 Å². The van der Waals surface area contributed by atoms with Gasteiger partial charge in [-0.25, -0.2) is 0 Å². The number of hydrogen-bond acceptors (Lipinski definition) is 3. The van der Waals surface area contributed by atoms with E-state index in [1.165, 1.54) is 6.42 Å². The lowest BCUT2D eigenvalue weighted by Gasteiger charge is -2.39. The van der Waals surface area contributed by atoms with Gasteiger partial charge in [-0.05, 0) is 38.8 Å². The van der Waals surface area contributed by atoms with Crippen molar-refractivity contribution in [2.24, 2.45) is 18.4 Å². The molecule has 1 unspecified atom stereocenters. The van der Waals surface area contributed by atoms with Crippen LogP contribution in [0.4, 0.5) is 0 Å². The van der Waals surface area contributed by atoms with Gasteiger partial charge in [0.25, 0.3) is 5.91 Å². The molecule has 6 nitrogen and oxygen atoms in total. The quantitative estimate of drug-likeness (QED) is 0.736. The summed E-state index contributed by atoms with van der Waals surface area (Å²) in [5, 5.41) is 4.43. The molecule has 2 aromatic rings. The first kappa shape index (κ1) is 21.6. The van der Waals surface area contributed by atoms with Crippen molar-refractivity contribution in [2.45, 2.75) is 52.5 Å². The summed E-state index contributed by atoms with van der Waals surface area (Å²) in [6, 6.07) is 9.47. The molecule has 1 aromatic heterocycles. The lowest BCUT2D eigenvalue weighted by Crippen LogP contribution is -2.44. The maximum atomic E-state index is 13.8. The largest absolute Gasteiger partial charge is 0.338 e. The van der Waals surface area contributed by atoms with Gasteiger partial charge in [0.15, 0.2) is 0 Å². The van der Waals surface area contributed by atoms with Crippen molar-refractivity contribution in [2.75, 3.05) is 19.6 Å². The van der Waals surface area contributed by atoms with Crippen LogP contribution in [0.1, 0.15) is 60.6 Å². The fraction of sp³-hybridized carbons (Fsp3) is 0.560. The number of carbonyl (C=O) groups is 2. The highest BCUT2D eigenvalue weighted by molar-refractivity contribution is 5.95. The molecule has 0 radical (unpaired) electrons. The zero-order chi connectivity index (χ0) is 22.0. The molecule has 6 heteroatoms. The Balaban J connectivity index is 1.58. The van der Waals surface area contributed by atoms with Crippen LogP contribution < -0.4 is 0 Å². The van der Waals surface area contributed by atoms with Gasteiger partial charge >= 0.3 is 0 Å². The highest BCUT2D eigenvalue weighted by Crippen LogP contribution is 2.48. The van der Waals surface area contributed by atoms with Gasteiger partial charge in [-0.15, -0.1) is 0 Å². The van der Waals surface area contributed by atoms with Crippen LogP contribution >= 0.6 is 0 Å². The number of carbonyl (C=O) groups excluding carboxylic acids is 2. The van der Waals surface area contributed by atoms with Gasteiger partial charge in [-0.1, -0.05) is 37.5 Å². The normalized spacial score (nSPS) is 20.2. The second-order valence-electron chi connectivity index (χ2n) is 9.29. The summed E-state index contributed by atoms with van der Waals surface area (Å²) < 4.78 is 1.81. The molecule has 166 valence electrons. The number of aryl methyl sites for hydroxylation is 2. The Kier molecular flexibility index (Phi) is 6.17. The van der Waals surface area contributed by atoms with Gasteiger partial charge in [-0.2, -0.15) is 5.10 Å². The van der Waals surface area contributed by atoms with Crippen molar-refractivity contribution in [3.63, 3.8) is 0 Å². The molecule has 2 aliphatic rings. The van der Waals surface area contributed by atoms with Crippen LogP contribution in [0.3, 0.4) is 0 Å². The molecule has 1 saturated heterocycles. The van der Waals surface area contributed by atoms with E-state index in [1.807, 2.05) is 67.2 Å². The number of amides is 2. The minimum atomic E-state index is -0.127. The SMILES string of the molecule is CCN(Cc1cn(C)nc1C)C(=O)C1CN(C(=O)c2ccccc2)CC12CCCCC2. The Bertz CT molecular complexity index is 930. The predicted octanol–water partition coefficient (Wildman–Crippen LogP) is 3.80. The average molecular weight is 423 g/mol. The fourth-order valence-corrected chi connectivity index (χ4v) is 5.56. The summed E-state index contributed by atoms with van der Waals surface area (Å²) in [6.07, 6.45) is 7.58. The Morgan fingerprint density at radius 1 is 1.16 bits per heavy atom. The van der Waals surface area contributed by atoms with E-state index >= 15 is 0 Å². The first-order valence-electron chi connectivity index (χ1n) is 11.6. The Morgan fingerprint density at radius 2 is 1.87 bits per heavy atom. The van der Waals surface area contributed by atoms with E-state index in [0.717, 1.165) is 36.9 Å². The Morgan fingerprint density at radius 3 is 2.48 bits per heavy atom. The van der Waals surface area contributed by atoms with Crippen LogP contribution in [-0.2, 0) is 18.4 Å². The molecule has 1 atom stereocenters. The first-order chi connectivity index (χ1) is 14.9. The third kappa shape index (κ3) is 4.25. The van der Waals surface area contributed by atoms with E-state index in [2.05, 4.69) is 5.10 Å². The number of hydrogen-bond donors (Lipinski definition) is 0. The van der Waals surface area contributed by atoms with Crippen molar-refractivity contribution < 1.29 is 9.59 Å². The minimum absolute atomic E-state index is 0.0481. The van der Waals surface area contributed by atoms with Crippen molar-refractivity contribution >= 4 is 11.8 Å². The lowest BCUT2D eigenvalue weighted by atomic mass is 9.67. The molecular weight excluding hydrogens is 388 g/mol. The van der Waals surface area contributed by atoms with Crippen molar-refractivity contribution in [3.05, 3.63) is 53.3 Å². The smallest absolute Gasteiger partial charge is 0.253 e. The molecule has 0 N–H and O–H groups in total. The van der Waals surface area contributed by atoms with E-state index in [0.29, 0.717) is 31.7 Å². The molecule has 31 heavy (non-hydrogen) atoms. The van der Waals surface area contributed by atoms with Crippen molar-refractivity contribution in [1.82, 2.24) is 19.6 Å².